The van der Waals surface area contributed by atoms with E-state index in [1.807, 2.05) is 19.9 Å². The molecule has 0 aliphatic carbocycles. The van der Waals surface area contributed by atoms with Gasteiger partial charge in [-0.3, -0.25) is 4.79 Å². The lowest BCUT2D eigenvalue weighted by atomic mass is 10.00. The maximum Gasteiger partial charge on any atom is 0.255 e. The Bertz CT molecular complexity index is 439. The molecule has 1 fully saturated rings. The van der Waals surface area contributed by atoms with Gasteiger partial charge in [-0.1, -0.05) is 6.07 Å². The number of rotatable bonds is 3. The van der Waals surface area contributed by atoms with E-state index in [9.17, 15) is 9.90 Å². The molecule has 1 aliphatic heterocycles. The first-order chi connectivity index (χ1) is 8.58. The summed E-state index contributed by atoms with van der Waals surface area (Å²) in [6.45, 7) is 5.31. The van der Waals surface area contributed by atoms with Gasteiger partial charge in [-0.05, 0) is 38.0 Å². The number of phenols is 1. The summed E-state index contributed by atoms with van der Waals surface area (Å²) in [6, 6.07) is 5.12. The molecule has 1 saturated heterocycles. The van der Waals surface area contributed by atoms with Crippen LogP contribution in [-0.4, -0.2) is 30.3 Å². The highest BCUT2D eigenvalue weighted by atomic mass is 16.5. The standard InChI is InChI=1S/C14H19NO3/c1-9-3-4-12(13(16)7-9)14(17)15-10(2)11-5-6-18-8-11/h3-4,7,10-11,16H,5-6,8H2,1-2H3,(H,15,17). The normalized spacial score (nSPS) is 20.7. The summed E-state index contributed by atoms with van der Waals surface area (Å²) in [5, 5.41) is 12.7. The molecule has 1 aliphatic rings. The number of carbonyl (C=O) groups is 1. The monoisotopic (exact) mass is 249 g/mol. The Labute approximate surface area is 107 Å². The van der Waals surface area contributed by atoms with Gasteiger partial charge in [-0.15, -0.1) is 0 Å². The van der Waals surface area contributed by atoms with Crippen molar-refractivity contribution in [3.8, 4) is 5.75 Å². The Kier molecular flexibility index (Phi) is 3.87. The van der Waals surface area contributed by atoms with Crippen molar-refractivity contribution in [1.82, 2.24) is 5.32 Å². The number of aryl methyl sites for hydroxylation is 1. The minimum atomic E-state index is -0.230. The van der Waals surface area contributed by atoms with E-state index in [1.54, 1.807) is 12.1 Å². The molecular weight excluding hydrogens is 230 g/mol. The van der Waals surface area contributed by atoms with E-state index in [-0.39, 0.29) is 17.7 Å². The van der Waals surface area contributed by atoms with Crippen LogP contribution in [0, 0.1) is 12.8 Å². The van der Waals surface area contributed by atoms with Crippen molar-refractivity contribution in [2.45, 2.75) is 26.3 Å². The van der Waals surface area contributed by atoms with Gasteiger partial charge in [0.15, 0.2) is 0 Å². The van der Waals surface area contributed by atoms with Crippen molar-refractivity contribution < 1.29 is 14.6 Å². The Hall–Kier alpha value is -1.55. The lowest BCUT2D eigenvalue weighted by Gasteiger charge is -2.19. The zero-order valence-electron chi connectivity index (χ0n) is 10.8. The van der Waals surface area contributed by atoms with Crippen LogP contribution in [-0.2, 0) is 4.74 Å². The van der Waals surface area contributed by atoms with E-state index in [0.717, 1.165) is 18.6 Å². The molecule has 0 bridgehead atoms. The molecule has 1 amide bonds. The summed E-state index contributed by atoms with van der Waals surface area (Å²) < 4.78 is 5.30. The van der Waals surface area contributed by atoms with Crippen molar-refractivity contribution in [3.05, 3.63) is 29.3 Å². The van der Waals surface area contributed by atoms with Crippen LogP contribution in [0.5, 0.6) is 5.75 Å². The van der Waals surface area contributed by atoms with Crippen molar-refractivity contribution in [2.75, 3.05) is 13.2 Å². The average Bonchev–Trinajstić information content (AvgIpc) is 2.81. The topological polar surface area (TPSA) is 58.6 Å². The van der Waals surface area contributed by atoms with Gasteiger partial charge in [0, 0.05) is 18.6 Å². The first-order valence-electron chi connectivity index (χ1n) is 6.26. The molecule has 1 heterocycles. The van der Waals surface area contributed by atoms with Crippen LogP contribution in [0.3, 0.4) is 0 Å². The van der Waals surface area contributed by atoms with Gasteiger partial charge in [0.05, 0.1) is 12.2 Å². The van der Waals surface area contributed by atoms with Gasteiger partial charge >= 0.3 is 0 Å². The summed E-state index contributed by atoms with van der Waals surface area (Å²) in [5.41, 5.74) is 1.26. The fraction of sp³-hybridized carbons (Fsp3) is 0.500. The van der Waals surface area contributed by atoms with Crippen LogP contribution in [0.4, 0.5) is 0 Å². The fourth-order valence-corrected chi connectivity index (χ4v) is 2.18. The van der Waals surface area contributed by atoms with Gasteiger partial charge in [0.1, 0.15) is 5.75 Å². The number of ether oxygens (including phenoxy) is 1. The number of carbonyl (C=O) groups excluding carboxylic acids is 1. The van der Waals surface area contributed by atoms with Gasteiger partial charge in [0.25, 0.3) is 5.91 Å². The lowest BCUT2D eigenvalue weighted by Crippen LogP contribution is -2.38. The molecule has 2 atom stereocenters. The highest BCUT2D eigenvalue weighted by molar-refractivity contribution is 5.97. The molecule has 18 heavy (non-hydrogen) atoms. The van der Waals surface area contributed by atoms with Crippen molar-refractivity contribution in [3.63, 3.8) is 0 Å². The predicted octanol–water partition coefficient (Wildman–Crippen LogP) is 1.86. The molecule has 4 heteroatoms. The molecular formula is C14H19NO3. The first-order valence-corrected chi connectivity index (χ1v) is 6.26. The Balaban J connectivity index is 2.02. The van der Waals surface area contributed by atoms with Crippen molar-refractivity contribution in [2.24, 2.45) is 5.92 Å². The molecule has 1 aromatic carbocycles. The zero-order valence-corrected chi connectivity index (χ0v) is 10.8. The van der Waals surface area contributed by atoms with Crippen LogP contribution in [0.15, 0.2) is 18.2 Å². The number of aromatic hydroxyl groups is 1. The second-order valence-electron chi connectivity index (χ2n) is 4.91. The number of hydrogen-bond acceptors (Lipinski definition) is 3. The predicted molar refractivity (Wildman–Crippen MR) is 68.7 cm³/mol. The SMILES string of the molecule is Cc1ccc(C(=O)NC(C)C2CCOC2)c(O)c1. The third kappa shape index (κ3) is 2.82. The second kappa shape index (κ2) is 5.40. The van der Waals surface area contributed by atoms with E-state index in [2.05, 4.69) is 5.32 Å². The van der Waals surface area contributed by atoms with E-state index in [4.69, 9.17) is 4.74 Å². The van der Waals surface area contributed by atoms with Gasteiger partial charge in [0.2, 0.25) is 0 Å². The van der Waals surface area contributed by atoms with Crippen LogP contribution in [0.2, 0.25) is 0 Å². The van der Waals surface area contributed by atoms with E-state index in [0.29, 0.717) is 18.1 Å². The molecule has 2 N–H and O–H groups in total. The molecule has 0 aromatic heterocycles. The maximum absolute atomic E-state index is 12.0. The quantitative estimate of drug-likeness (QED) is 0.859. The van der Waals surface area contributed by atoms with Crippen LogP contribution in [0.1, 0.15) is 29.3 Å². The first kappa shape index (κ1) is 12.9. The van der Waals surface area contributed by atoms with E-state index >= 15 is 0 Å². The van der Waals surface area contributed by atoms with Crippen LogP contribution >= 0.6 is 0 Å². The number of amides is 1. The van der Waals surface area contributed by atoms with Crippen LogP contribution < -0.4 is 5.32 Å². The third-order valence-electron chi connectivity index (χ3n) is 3.43. The van der Waals surface area contributed by atoms with Gasteiger partial charge < -0.3 is 15.2 Å². The summed E-state index contributed by atoms with van der Waals surface area (Å²) >= 11 is 0. The zero-order chi connectivity index (χ0) is 13.1. The molecule has 4 nitrogen and oxygen atoms in total. The van der Waals surface area contributed by atoms with Gasteiger partial charge in [-0.2, -0.15) is 0 Å². The number of benzene rings is 1. The minimum Gasteiger partial charge on any atom is -0.507 e. The molecule has 98 valence electrons. The van der Waals surface area contributed by atoms with Crippen molar-refractivity contribution in [1.29, 1.82) is 0 Å². The summed E-state index contributed by atoms with van der Waals surface area (Å²) in [5.74, 6) is 0.163. The summed E-state index contributed by atoms with van der Waals surface area (Å²) in [7, 11) is 0. The molecule has 2 rings (SSSR count). The maximum atomic E-state index is 12.0. The van der Waals surface area contributed by atoms with Crippen LogP contribution in [0.25, 0.3) is 0 Å². The Morgan fingerprint density at radius 1 is 1.56 bits per heavy atom. The molecule has 1 aromatic rings. The molecule has 0 radical (unpaired) electrons. The van der Waals surface area contributed by atoms with Gasteiger partial charge in [-0.25, -0.2) is 0 Å². The summed E-state index contributed by atoms with van der Waals surface area (Å²) in [4.78, 5) is 12.0. The number of nitrogens with one attached hydrogen (secondary N) is 1. The summed E-state index contributed by atoms with van der Waals surface area (Å²) in [6.07, 6.45) is 0.974. The van der Waals surface area contributed by atoms with E-state index in [1.165, 1.54) is 0 Å². The second-order valence-corrected chi connectivity index (χ2v) is 4.91. The smallest absolute Gasteiger partial charge is 0.255 e. The van der Waals surface area contributed by atoms with Crippen molar-refractivity contribution >= 4 is 5.91 Å². The third-order valence-corrected chi connectivity index (χ3v) is 3.43. The largest absolute Gasteiger partial charge is 0.507 e. The minimum absolute atomic E-state index is 0.0300. The molecule has 0 spiro atoms. The highest BCUT2D eigenvalue weighted by Gasteiger charge is 2.24. The highest BCUT2D eigenvalue weighted by Crippen LogP contribution is 2.20. The molecule has 2 unspecified atom stereocenters. The Morgan fingerprint density at radius 3 is 2.94 bits per heavy atom. The molecule has 0 saturated carbocycles. The lowest BCUT2D eigenvalue weighted by molar-refractivity contribution is 0.0919. The average molecular weight is 249 g/mol. The van der Waals surface area contributed by atoms with E-state index < -0.39 is 0 Å². The number of hydrogen-bond donors (Lipinski definition) is 2. The fourth-order valence-electron chi connectivity index (χ4n) is 2.18. The Morgan fingerprint density at radius 2 is 2.33 bits per heavy atom. The number of phenolic OH excluding ortho intramolecular Hbond substituents is 1.